The van der Waals surface area contributed by atoms with Crippen molar-refractivity contribution in [1.82, 2.24) is 0 Å². The minimum Gasteiger partial charge on any atom is -0.487 e. The molecule has 1 aliphatic rings. The minimum atomic E-state index is 0.417. The lowest BCUT2D eigenvalue weighted by Crippen LogP contribution is -2.16. The molecule has 0 N–H and O–H groups in total. The van der Waals surface area contributed by atoms with Gasteiger partial charge in [-0.05, 0) is 52.2 Å². The molecule has 1 aliphatic heterocycles. The standard InChI is InChI=1S/C30H32O6S3/c1-3-27(37-19-1)29-22-24(30(39-29)28-4-2-20-38-28)7-5-23-6-8-25-26(21-23)36-18-16-34-14-12-32-10-9-31-11-13-33-15-17-35-25/h1-8,19-22H,9-18H2/b7-5+. The molecule has 0 saturated carbocycles. The van der Waals surface area contributed by atoms with Gasteiger partial charge in [-0.2, -0.15) is 0 Å². The highest BCUT2D eigenvalue weighted by atomic mass is 32.1. The Bertz CT molecular complexity index is 1280. The van der Waals surface area contributed by atoms with Crippen LogP contribution in [0.3, 0.4) is 0 Å². The zero-order valence-electron chi connectivity index (χ0n) is 21.7. The maximum Gasteiger partial charge on any atom is 0.161 e. The van der Waals surface area contributed by atoms with Crippen LogP contribution in [0.15, 0.2) is 59.3 Å². The Morgan fingerprint density at radius 3 is 1.74 bits per heavy atom. The third-order valence-electron chi connectivity index (χ3n) is 5.78. The molecule has 9 heteroatoms. The van der Waals surface area contributed by atoms with Gasteiger partial charge in [-0.3, -0.25) is 0 Å². The van der Waals surface area contributed by atoms with Gasteiger partial charge in [0.25, 0.3) is 0 Å². The number of ether oxygens (including phenoxy) is 6. The van der Waals surface area contributed by atoms with Gasteiger partial charge in [-0.25, -0.2) is 0 Å². The van der Waals surface area contributed by atoms with Crippen molar-refractivity contribution in [3.63, 3.8) is 0 Å². The van der Waals surface area contributed by atoms with Crippen molar-refractivity contribution in [3.05, 3.63) is 70.4 Å². The summed E-state index contributed by atoms with van der Waals surface area (Å²) in [5.74, 6) is 1.37. The second kappa shape index (κ2) is 15.3. The van der Waals surface area contributed by atoms with E-state index in [0.29, 0.717) is 77.6 Å². The Morgan fingerprint density at radius 1 is 0.538 bits per heavy atom. The summed E-state index contributed by atoms with van der Waals surface area (Å²) in [6.07, 6.45) is 4.31. The average Bonchev–Trinajstić information content (AvgIpc) is 3.74. The molecular formula is C30H32O6S3. The van der Waals surface area contributed by atoms with Crippen LogP contribution in [0.2, 0.25) is 0 Å². The van der Waals surface area contributed by atoms with E-state index in [1.807, 2.05) is 29.5 Å². The predicted octanol–water partition coefficient (Wildman–Crippen LogP) is 7.21. The van der Waals surface area contributed by atoms with Crippen molar-refractivity contribution < 1.29 is 28.4 Å². The molecule has 0 bridgehead atoms. The number of benzene rings is 1. The fraction of sp³-hybridized carbons (Fsp3) is 0.333. The Labute approximate surface area is 241 Å². The van der Waals surface area contributed by atoms with Crippen molar-refractivity contribution in [2.24, 2.45) is 0 Å². The van der Waals surface area contributed by atoms with Gasteiger partial charge in [0.15, 0.2) is 11.5 Å². The number of rotatable bonds is 4. The van der Waals surface area contributed by atoms with Crippen molar-refractivity contribution in [2.45, 2.75) is 0 Å². The third kappa shape index (κ3) is 8.49. The van der Waals surface area contributed by atoms with Crippen molar-refractivity contribution in [1.29, 1.82) is 0 Å². The first-order valence-electron chi connectivity index (χ1n) is 13.0. The first kappa shape index (κ1) is 28.0. The Balaban J connectivity index is 1.31. The van der Waals surface area contributed by atoms with E-state index in [2.05, 4.69) is 53.2 Å². The first-order chi connectivity index (χ1) is 19.4. The number of hydrogen-bond acceptors (Lipinski definition) is 9. The Morgan fingerprint density at radius 2 is 1.13 bits per heavy atom. The quantitative estimate of drug-likeness (QED) is 0.253. The molecule has 0 saturated heterocycles. The van der Waals surface area contributed by atoms with Gasteiger partial charge in [0.1, 0.15) is 13.2 Å². The van der Waals surface area contributed by atoms with E-state index in [0.717, 1.165) is 5.56 Å². The van der Waals surface area contributed by atoms with E-state index >= 15 is 0 Å². The molecule has 0 atom stereocenters. The predicted molar refractivity (Wildman–Crippen MR) is 161 cm³/mol. The lowest BCUT2D eigenvalue weighted by molar-refractivity contribution is -0.00841. The fourth-order valence-electron chi connectivity index (χ4n) is 3.90. The van der Waals surface area contributed by atoms with E-state index in [1.165, 1.54) is 25.1 Å². The largest absolute Gasteiger partial charge is 0.487 e. The van der Waals surface area contributed by atoms with Crippen LogP contribution in [0.25, 0.3) is 31.7 Å². The summed E-state index contributed by atoms with van der Waals surface area (Å²) in [7, 11) is 0. The fourth-order valence-corrected chi connectivity index (χ4v) is 6.75. The molecule has 4 aromatic rings. The highest BCUT2D eigenvalue weighted by Gasteiger charge is 2.13. The molecule has 3 aromatic heterocycles. The van der Waals surface area contributed by atoms with Crippen molar-refractivity contribution >= 4 is 46.2 Å². The summed E-state index contributed by atoms with van der Waals surface area (Å²) in [5, 5.41) is 4.25. The van der Waals surface area contributed by atoms with Gasteiger partial charge in [-0.1, -0.05) is 30.4 Å². The van der Waals surface area contributed by atoms with E-state index in [4.69, 9.17) is 28.4 Å². The molecule has 4 heterocycles. The molecule has 5 rings (SSSR count). The van der Waals surface area contributed by atoms with Gasteiger partial charge < -0.3 is 28.4 Å². The third-order valence-corrected chi connectivity index (χ3v) is 9.05. The molecule has 39 heavy (non-hydrogen) atoms. The highest BCUT2D eigenvalue weighted by molar-refractivity contribution is 7.26. The number of hydrogen-bond donors (Lipinski definition) is 0. The summed E-state index contributed by atoms with van der Waals surface area (Å²) >= 11 is 5.37. The van der Waals surface area contributed by atoms with Gasteiger partial charge >= 0.3 is 0 Å². The minimum absolute atomic E-state index is 0.417. The highest BCUT2D eigenvalue weighted by Crippen LogP contribution is 2.42. The monoisotopic (exact) mass is 584 g/mol. The van der Waals surface area contributed by atoms with E-state index in [1.54, 1.807) is 22.7 Å². The maximum absolute atomic E-state index is 6.08. The van der Waals surface area contributed by atoms with Crippen LogP contribution >= 0.6 is 34.0 Å². The van der Waals surface area contributed by atoms with E-state index in [-0.39, 0.29) is 0 Å². The van der Waals surface area contributed by atoms with E-state index in [9.17, 15) is 0 Å². The van der Waals surface area contributed by atoms with Crippen LogP contribution in [0.5, 0.6) is 11.5 Å². The first-order valence-corrected chi connectivity index (χ1v) is 15.5. The van der Waals surface area contributed by atoms with Crippen LogP contribution in [-0.4, -0.2) is 66.1 Å². The SMILES string of the molecule is C(=C\c1cc(-c2cccs2)sc1-c1cccs1)/c1ccc2c(c1)OCCOCCOCCOCCOCCO2. The number of fused-ring (bicyclic) bond motifs is 1. The number of thiophene rings is 3. The lowest BCUT2D eigenvalue weighted by Gasteiger charge is -2.14. The van der Waals surface area contributed by atoms with Crippen molar-refractivity contribution in [3.8, 4) is 31.0 Å². The lowest BCUT2D eigenvalue weighted by atomic mass is 10.1. The Hall–Kier alpha value is -2.50. The molecule has 1 aromatic carbocycles. The summed E-state index contributed by atoms with van der Waals surface area (Å²) in [4.78, 5) is 5.13. The molecule has 0 radical (unpaired) electrons. The Kier molecular flexibility index (Phi) is 11.0. The van der Waals surface area contributed by atoms with Crippen LogP contribution in [-0.2, 0) is 18.9 Å². The van der Waals surface area contributed by atoms with Gasteiger partial charge in [-0.15, -0.1) is 34.0 Å². The molecule has 0 amide bonds. The second-order valence-electron chi connectivity index (χ2n) is 8.54. The summed E-state index contributed by atoms with van der Waals surface area (Å²) < 4.78 is 34.3. The average molecular weight is 585 g/mol. The smallest absolute Gasteiger partial charge is 0.161 e. The normalized spacial score (nSPS) is 16.6. The topological polar surface area (TPSA) is 55.4 Å². The van der Waals surface area contributed by atoms with Crippen LogP contribution in [0.1, 0.15) is 11.1 Å². The molecule has 0 unspecified atom stereocenters. The second-order valence-corrected chi connectivity index (χ2v) is 11.5. The zero-order chi connectivity index (χ0) is 26.5. The molecule has 0 fully saturated rings. The molecule has 0 aliphatic carbocycles. The zero-order valence-corrected chi connectivity index (χ0v) is 24.1. The van der Waals surface area contributed by atoms with Gasteiger partial charge in [0.05, 0.1) is 57.7 Å². The van der Waals surface area contributed by atoms with Crippen molar-refractivity contribution in [2.75, 3.05) is 66.1 Å². The van der Waals surface area contributed by atoms with Crippen LogP contribution in [0.4, 0.5) is 0 Å². The summed E-state index contributed by atoms with van der Waals surface area (Å²) in [5.41, 5.74) is 2.24. The maximum atomic E-state index is 6.08. The molecule has 6 nitrogen and oxygen atoms in total. The van der Waals surface area contributed by atoms with E-state index < -0.39 is 0 Å². The van der Waals surface area contributed by atoms with Gasteiger partial charge in [0, 0.05) is 14.6 Å². The molecule has 206 valence electrons. The summed E-state index contributed by atoms with van der Waals surface area (Å²) in [6.45, 7) is 4.96. The van der Waals surface area contributed by atoms with Gasteiger partial charge in [0.2, 0.25) is 0 Å². The van der Waals surface area contributed by atoms with Crippen LogP contribution < -0.4 is 9.47 Å². The molecular weight excluding hydrogens is 553 g/mol. The van der Waals surface area contributed by atoms with Crippen LogP contribution in [0, 0.1) is 0 Å². The molecule has 0 spiro atoms. The summed E-state index contributed by atoms with van der Waals surface area (Å²) in [6, 6.07) is 16.9.